The van der Waals surface area contributed by atoms with Crippen molar-refractivity contribution in [3.8, 4) is 0 Å². The number of rotatable bonds is 19. The molecule has 0 saturated carbocycles. The lowest BCUT2D eigenvalue weighted by Crippen LogP contribution is -1.82. The molecule has 0 rings (SSSR count). The first-order valence-electron chi connectivity index (χ1n) is 22.3. The zero-order valence-corrected chi connectivity index (χ0v) is 39.0. The highest BCUT2D eigenvalue weighted by Crippen LogP contribution is 2.12. The molecule has 0 fully saturated rings. The standard InChI is InChI=1S/C16H34.C7H16.C5H10.2C4H10.C3H8.4C2H6.CH4/c1-3-5-7-9-11-13-15-16-14-12-10-8-6-4-2;1-3-5-7-6-4-2;1-4-5(2)3;1-4(2)3;1-3-4-2;1-3-2;4*1-2;/h3-16H2,1-2H3;3-7H2,1-2H3;2,4H2,1,3H3;4H,1-3H3;3-4H2,1-2H3;3H2,1-2H3;4*1-2H3;1H4. The third-order valence-corrected chi connectivity index (χ3v) is 5.77. The second kappa shape index (κ2) is 118. The Hall–Kier alpha value is -0.260. The molecule has 0 aliphatic heterocycles. The van der Waals surface area contributed by atoms with E-state index in [1.807, 2.05) is 62.3 Å². The van der Waals surface area contributed by atoms with E-state index in [9.17, 15) is 0 Å². The molecule has 0 atom stereocenters. The molecule has 0 heteroatoms. The van der Waals surface area contributed by atoms with Crippen LogP contribution >= 0.6 is 0 Å². The number of hydrogen-bond donors (Lipinski definition) is 0. The Balaban J connectivity index is -0.0000000401. The molecule has 0 unspecified atom stereocenters. The lowest BCUT2D eigenvalue weighted by Gasteiger charge is -2.02. The van der Waals surface area contributed by atoms with Crippen molar-refractivity contribution in [1.82, 2.24) is 0 Å². The molecule has 0 bridgehead atoms. The maximum Gasteiger partial charge on any atom is -0.0354 e. The molecular formula is C48H116. The lowest BCUT2D eigenvalue weighted by atomic mass is 10.0. The normalized spacial score (nSPS) is 8.04. The van der Waals surface area contributed by atoms with E-state index < -0.39 is 0 Å². The van der Waals surface area contributed by atoms with E-state index >= 15 is 0 Å². The average molecular weight is 693 g/mol. The molecular weight excluding hydrogens is 577 g/mol. The van der Waals surface area contributed by atoms with Gasteiger partial charge in [0.15, 0.2) is 0 Å². The van der Waals surface area contributed by atoms with Gasteiger partial charge in [-0.3, -0.25) is 0 Å². The van der Waals surface area contributed by atoms with Crippen molar-refractivity contribution in [2.24, 2.45) is 5.92 Å². The molecule has 0 radical (unpaired) electrons. The first-order chi connectivity index (χ1) is 22.7. The van der Waals surface area contributed by atoms with Gasteiger partial charge in [-0.25, -0.2) is 0 Å². The van der Waals surface area contributed by atoms with Gasteiger partial charge in [-0.2, -0.15) is 0 Å². The van der Waals surface area contributed by atoms with Crippen molar-refractivity contribution >= 4 is 0 Å². The van der Waals surface area contributed by atoms with Crippen LogP contribution in [0.2, 0.25) is 0 Å². The van der Waals surface area contributed by atoms with Crippen LogP contribution in [0.25, 0.3) is 0 Å². The van der Waals surface area contributed by atoms with Gasteiger partial charge in [0.2, 0.25) is 0 Å². The van der Waals surface area contributed by atoms with E-state index in [0.29, 0.717) is 0 Å². The summed E-state index contributed by atoms with van der Waals surface area (Å²) in [7, 11) is 0. The van der Waals surface area contributed by atoms with E-state index in [4.69, 9.17) is 0 Å². The quantitative estimate of drug-likeness (QED) is 0.0933. The van der Waals surface area contributed by atoms with Gasteiger partial charge in [-0.05, 0) is 19.3 Å². The van der Waals surface area contributed by atoms with E-state index in [1.165, 1.54) is 147 Å². The molecule has 0 aliphatic rings. The fourth-order valence-corrected chi connectivity index (χ4v) is 2.94. The van der Waals surface area contributed by atoms with E-state index in [1.54, 1.807) is 0 Å². The summed E-state index contributed by atoms with van der Waals surface area (Å²) in [5, 5.41) is 0. The molecule has 0 spiro atoms. The van der Waals surface area contributed by atoms with Gasteiger partial charge in [0.1, 0.15) is 0 Å². The van der Waals surface area contributed by atoms with Crippen molar-refractivity contribution < 1.29 is 0 Å². The summed E-state index contributed by atoms with van der Waals surface area (Å²) in [6.45, 7) is 48.0. The predicted octanol–water partition coefficient (Wildman–Crippen LogP) is 21.1. The van der Waals surface area contributed by atoms with Crippen LogP contribution in [-0.2, 0) is 0 Å². The average Bonchev–Trinajstić information content (AvgIpc) is 3.10. The summed E-state index contributed by atoms with van der Waals surface area (Å²) < 4.78 is 0. The molecule has 0 aromatic rings. The van der Waals surface area contributed by atoms with Crippen LogP contribution in [-0.4, -0.2) is 0 Å². The van der Waals surface area contributed by atoms with Crippen molar-refractivity contribution in [2.45, 2.75) is 301 Å². The summed E-state index contributed by atoms with van der Waals surface area (Å²) in [5.74, 6) is 0.833. The Kier molecular flexibility index (Phi) is 191. The topological polar surface area (TPSA) is 0 Å². The summed E-state index contributed by atoms with van der Waals surface area (Å²) >= 11 is 0. The highest BCUT2D eigenvalue weighted by Gasteiger charge is 1.92. The first kappa shape index (κ1) is 77.3. The summed E-state index contributed by atoms with van der Waals surface area (Å²) in [5.41, 5.74) is 1.25. The molecule has 0 aromatic carbocycles. The van der Waals surface area contributed by atoms with E-state index in [-0.39, 0.29) is 7.43 Å². The van der Waals surface area contributed by atoms with Crippen LogP contribution in [0.15, 0.2) is 12.2 Å². The largest absolute Gasteiger partial charge is 0.100 e. The monoisotopic (exact) mass is 693 g/mol. The molecule has 0 nitrogen and oxygen atoms in total. The Labute approximate surface area is 317 Å². The second-order valence-corrected chi connectivity index (χ2v) is 12.1. The zero-order chi connectivity index (χ0) is 39.4. The van der Waals surface area contributed by atoms with E-state index in [2.05, 4.69) is 89.7 Å². The molecule has 0 aromatic heterocycles. The molecule has 0 heterocycles. The Morgan fingerprint density at radius 3 is 0.542 bits per heavy atom. The molecule has 0 amide bonds. The minimum absolute atomic E-state index is 0. The number of allylic oxidation sites excluding steroid dienone is 1. The molecule has 0 aliphatic carbocycles. The van der Waals surface area contributed by atoms with Crippen LogP contribution in [0.1, 0.15) is 301 Å². The maximum absolute atomic E-state index is 3.67. The van der Waals surface area contributed by atoms with Gasteiger partial charge in [-0.1, -0.05) is 293 Å². The van der Waals surface area contributed by atoms with Crippen LogP contribution in [0.3, 0.4) is 0 Å². The highest BCUT2D eigenvalue weighted by molar-refractivity contribution is 4.84. The van der Waals surface area contributed by atoms with Crippen LogP contribution in [0.4, 0.5) is 0 Å². The molecule has 308 valence electrons. The minimum Gasteiger partial charge on any atom is -0.100 e. The van der Waals surface area contributed by atoms with Gasteiger partial charge in [0, 0.05) is 0 Å². The Morgan fingerprint density at radius 2 is 0.458 bits per heavy atom. The van der Waals surface area contributed by atoms with E-state index in [0.717, 1.165) is 12.3 Å². The van der Waals surface area contributed by atoms with Crippen LogP contribution in [0, 0.1) is 5.92 Å². The van der Waals surface area contributed by atoms with Gasteiger partial charge < -0.3 is 0 Å². The van der Waals surface area contributed by atoms with Gasteiger partial charge in [-0.15, -0.1) is 6.58 Å². The fraction of sp³-hybridized carbons (Fsp3) is 0.958. The maximum atomic E-state index is 3.67. The molecule has 0 saturated heterocycles. The smallest absolute Gasteiger partial charge is 0.0354 e. The van der Waals surface area contributed by atoms with Crippen molar-refractivity contribution in [3.63, 3.8) is 0 Å². The Bertz CT molecular complexity index is 291. The summed E-state index contributed by atoms with van der Waals surface area (Å²) in [6, 6.07) is 0. The lowest BCUT2D eigenvalue weighted by molar-refractivity contribution is 0.538. The van der Waals surface area contributed by atoms with Crippen molar-refractivity contribution in [1.29, 1.82) is 0 Å². The third-order valence-electron chi connectivity index (χ3n) is 5.77. The van der Waals surface area contributed by atoms with Crippen LogP contribution in [0.5, 0.6) is 0 Å². The predicted molar refractivity (Wildman–Crippen MR) is 245 cm³/mol. The van der Waals surface area contributed by atoms with Gasteiger partial charge in [0.05, 0.1) is 0 Å². The van der Waals surface area contributed by atoms with Crippen LogP contribution < -0.4 is 0 Å². The highest BCUT2D eigenvalue weighted by atomic mass is 14.0. The number of hydrogen-bond acceptors (Lipinski definition) is 0. The summed E-state index contributed by atoms with van der Waals surface area (Å²) in [6.07, 6.45) is 32.4. The second-order valence-electron chi connectivity index (χ2n) is 12.1. The van der Waals surface area contributed by atoms with Gasteiger partial charge >= 0.3 is 0 Å². The Morgan fingerprint density at radius 1 is 0.354 bits per heavy atom. The van der Waals surface area contributed by atoms with Crippen molar-refractivity contribution in [2.75, 3.05) is 0 Å². The summed E-state index contributed by atoms with van der Waals surface area (Å²) in [4.78, 5) is 0. The molecule has 48 heavy (non-hydrogen) atoms. The minimum atomic E-state index is 0. The third kappa shape index (κ3) is 235. The zero-order valence-electron chi connectivity index (χ0n) is 39.0. The van der Waals surface area contributed by atoms with Gasteiger partial charge in [0.25, 0.3) is 0 Å². The fourth-order valence-electron chi connectivity index (χ4n) is 2.94. The SMILES string of the molecule is C.C=C(C)CC.CC.CC.CC.CC.CC(C)C.CCC.CCCC.CCCCCCC.CCCCCCCCCCCCCCCC. The van der Waals surface area contributed by atoms with Crippen molar-refractivity contribution in [3.05, 3.63) is 12.2 Å². The number of unbranched alkanes of at least 4 members (excludes halogenated alkanes) is 18. The molecule has 0 N–H and O–H groups in total. The first-order valence-corrected chi connectivity index (χ1v) is 22.3.